The molecule has 0 bridgehead atoms. The van der Waals surface area contributed by atoms with Crippen molar-refractivity contribution in [3.63, 3.8) is 0 Å². The number of aryl methyl sites for hydroxylation is 1. The number of nitrogens with one attached hydrogen (secondary N) is 1. The Hall–Kier alpha value is -2.63. The van der Waals surface area contributed by atoms with Gasteiger partial charge < -0.3 is 9.88 Å². The minimum atomic E-state index is -0.0840. The lowest BCUT2D eigenvalue weighted by atomic mass is 9.95. The number of tetrazole rings is 1. The molecule has 1 atom stereocenters. The van der Waals surface area contributed by atoms with Gasteiger partial charge in [0.25, 0.3) is 0 Å². The van der Waals surface area contributed by atoms with Crippen LogP contribution in [0.1, 0.15) is 55.7 Å². The summed E-state index contributed by atoms with van der Waals surface area (Å²) in [5.74, 6) is 0.887. The van der Waals surface area contributed by atoms with E-state index in [2.05, 4.69) is 62.9 Å². The molecule has 3 aromatic rings. The number of anilines is 1. The third kappa shape index (κ3) is 3.29. The second-order valence-electron chi connectivity index (χ2n) is 6.76. The summed E-state index contributed by atoms with van der Waals surface area (Å²) >= 11 is 0. The van der Waals surface area contributed by atoms with E-state index in [4.69, 9.17) is 0 Å². The Bertz CT molecular complexity index is 800. The van der Waals surface area contributed by atoms with Crippen LogP contribution in [-0.2, 0) is 7.05 Å². The number of rotatable bonds is 5. The summed E-state index contributed by atoms with van der Waals surface area (Å²) < 4.78 is 4.17. The SMILES string of the molecule is Cn1cccc1C(Nc1ccccc1)c1nnnn1C1CCCCC1. The van der Waals surface area contributed by atoms with Gasteiger partial charge in [0.1, 0.15) is 6.04 Å². The monoisotopic (exact) mass is 336 g/mol. The van der Waals surface area contributed by atoms with E-state index in [9.17, 15) is 0 Å². The van der Waals surface area contributed by atoms with Gasteiger partial charge in [-0.2, -0.15) is 0 Å². The van der Waals surface area contributed by atoms with Gasteiger partial charge in [0.05, 0.1) is 6.04 Å². The van der Waals surface area contributed by atoms with Crippen molar-refractivity contribution in [1.82, 2.24) is 24.8 Å². The molecule has 1 unspecified atom stereocenters. The summed E-state index contributed by atoms with van der Waals surface area (Å²) in [7, 11) is 2.06. The molecule has 6 nitrogen and oxygen atoms in total. The molecule has 0 radical (unpaired) electrons. The zero-order chi connectivity index (χ0) is 17.1. The molecule has 1 aromatic carbocycles. The molecule has 2 heterocycles. The molecule has 0 amide bonds. The van der Waals surface area contributed by atoms with E-state index in [-0.39, 0.29) is 6.04 Å². The molecule has 1 saturated carbocycles. The molecule has 0 aliphatic heterocycles. The van der Waals surface area contributed by atoms with Gasteiger partial charge >= 0.3 is 0 Å². The van der Waals surface area contributed by atoms with Crippen molar-refractivity contribution < 1.29 is 0 Å². The smallest absolute Gasteiger partial charge is 0.180 e. The normalized spacial score (nSPS) is 16.7. The highest BCUT2D eigenvalue weighted by molar-refractivity contribution is 5.46. The zero-order valence-electron chi connectivity index (χ0n) is 14.5. The van der Waals surface area contributed by atoms with Gasteiger partial charge in [-0.05, 0) is 47.5 Å². The fraction of sp³-hybridized carbons (Fsp3) is 0.421. The van der Waals surface area contributed by atoms with E-state index in [0.717, 1.165) is 30.0 Å². The first kappa shape index (κ1) is 15.9. The van der Waals surface area contributed by atoms with Gasteiger partial charge in [0.15, 0.2) is 5.82 Å². The molecule has 25 heavy (non-hydrogen) atoms. The van der Waals surface area contributed by atoms with Crippen LogP contribution in [0, 0.1) is 0 Å². The van der Waals surface area contributed by atoms with Crippen molar-refractivity contribution in [3.8, 4) is 0 Å². The molecule has 4 rings (SSSR count). The Labute approximate surface area is 147 Å². The minimum absolute atomic E-state index is 0.0840. The second kappa shape index (κ2) is 7.09. The van der Waals surface area contributed by atoms with Gasteiger partial charge in [0.2, 0.25) is 0 Å². The standard InChI is InChI=1S/C19H24N6/c1-24-14-8-13-17(24)18(20-15-9-4-2-5-10-15)19-21-22-23-25(19)16-11-6-3-7-12-16/h2,4-5,8-10,13-14,16,18,20H,3,6-7,11-12H2,1H3. The van der Waals surface area contributed by atoms with Crippen LogP contribution in [0.2, 0.25) is 0 Å². The van der Waals surface area contributed by atoms with E-state index in [0.29, 0.717) is 6.04 Å². The Kier molecular flexibility index (Phi) is 4.50. The summed E-state index contributed by atoms with van der Waals surface area (Å²) in [6.45, 7) is 0. The Morgan fingerprint density at radius 1 is 1.04 bits per heavy atom. The quantitative estimate of drug-likeness (QED) is 0.771. The molecule has 130 valence electrons. The van der Waals surface area contributed by atoms with Gasteiger partial charge in [-0.15, -0.1) is 5.10 Å². The van der Waals surface area contributed by atoms with Crippen LogP contribution in [0.15, 0.2) is 48.7 Å². The van der Waals surface area contributed by atoms with Crippen molar-refractivity contribution in [2.75, 3.05) is 5.32 Å². The van der Waals surface area contributed by atoms with Gasteiger partial charge in [-0.1, -0.05) is 37.5 Å². The fourth-order valence-corrected chi connectivity index (χ4v) is 3.72. The number of benzene rings is 1. The third-order valence-electron chi connectivity index (χ3n) is 5.06. The van der Waals surface area contributed by atoms with Crippen LogP contribution in [0.3, 0.4) is 0 Å². The summed E-state index contributed by atoms with van der Waals surface area (Å²) in [6, 6.07) is 14.7. The van der Waals surface area contributed by atoms with Gasteiger partial charge in [-0.3, -0.25) is 0 Å². The summed E-state index contributed by atoms with van der Waals surface area (Å²) in [5.41, 5.74) is 2.21. The van der Waals surface area contributed by atoms with Crippen molar-refractivity contribution in [2.45, 2.75) is 44.2 Å². The summed E-state index contributed by atoms with van der Waals surface area (Å²) in [6.07, 6.45) is 8.20. The highest BCUT2D eigenvalue weighted by Crippen LogP contribution is 2.32. The largest absolute Gasteiger partial charge is 0.370 e. The summed E-state index contributed by atoms with van der Waals surface area (Å²) in [5, 5.41) is 16.4. The van der Waals surface area contributed by atoms with Crippen LogP contribution in [-0.4, -0.2) is 24.8 Å². The molecule has 6 heteroatoms. The second-order valence-corrected chi connectivity index (χ2v) is 6.76. The van der Waals surface area contributed by atoms with Crippen molar-refractivity contribution in [3.05, 3.63) is 60.2 Å². The van der Waals surface area contributed by atoms with Crippen LogP contribution in [0.4, 0.5) is 5.69 Å². The van der Waals surface area contributed by atoms with Crippen LogP contribution >= 0.6 is 0 Å². The lowest BCUT2D eigenvalue weighted by molar-refractivity contribution is 0.315. The molecular weight excluding hydrogens is 312 g/mol. The Balaban J connectivity index is 1.71. The number of aromatic nitrogens is 5. The number of para-hydroxylation sites is 1. The first-order chi connectivity index (χ1) is 12.3. The highest BCUT2D eigenvalue weighted by Gasteiger charge is 2.27. The lowest BCUT2D eigenvalue weighted by Gasteiger charge is -2.26. The topological polar surface area (TPSA) is 60.6 Å². The van der Waals surface area contributed by atoms with Gasteiger partial charge in [-0.25, -0.2) is 4.68 Å². The van der Waals surface area contributed by atoms with Gasteiger partial charge in [0, 0.05) is 24.6 Å². The number of nitrogens with zero attached hydrogens (tertiary/aromatic N) is 5. The molecule has 0 saturated heterocycles. The van der Waals surface area contributed by atoms with Crippen LogP contribution < -0.4 is 5.32 Å². The average molecular weight is 336 g/mol. The molecule has 2 aromatic heterocycles. The van der Waals surface area contributed by atoms with E-state index >= 15 is 0 Å². The predicted octanol–water partition coefficient (Wildman–Crippen LogP) is 3.72. The number of hydrogen-bond acceptors (Lipinski definition) is 4. The van der Waals surface area contributed by atoms with E-state index < -0.39 is 0 Å². The zero-order valence-corrected chi connectivity index (χ0v) is 14.5. The lowest BCUT2D eigenvalue weighted by Crippen LogP contribution is -2.24. The van der Waals surface area contributed by atoms with E-state index in [1.807, 2.05) is 22.9 Å². The average Bonchev–Trinajstić information content (AvgIpc) is 3.31. The van der Waals surface area contributed by atoms with Crippen molar-refractivity contribution >= 4 is 5.69 Å². The minimum Gasteiger partial charge on any atom is -0.370 e. The first-order valence-electron chi connectivity index (χ1n) is 9.03. The maximum Gasteiger partial charge on any atom is 0.180 e. The molecule has 1 aliphatic rings. The molecule has 0 spiro atoms. The van der Waals surface area contributed by atoms with E-state index in [1.165, 1.54) is 19.3 Å². The van der Waals surface area contributed by atoms with Crippen LogP contribution in [0.5, 0.6) is 0 Å². The maximum absolute atomic E-state index is 4.41. The third-order valence-corrected chi connectivity index (χ3v) is 5.06. The predicted molar refractivity (Wildman–Crippen MR) is 97.3 cm³/mol. The Morgan fingerprint density at radius 2 is 1.84 bits per heavy atom. The molecule has 1 aliphatic carbocycles. The maximum atomic E-state index is 4.41. The highest BCUT2D eigenvalue weighted by atomic mass is 15.6. The molecule has 1 fully saturated rings. The van der Waals surface area contributed by atoms with Crippen LogP contribution in [0.25, 0.3) is 0 Å². The number of hydrogen-bond donors (Lipinski definition) is 1. The van der Waals surface area contributed by atoms with Crippen molar-refractivity contribution in [2.24, 2.45) is 7.05 Å². The fourth-order valence-electron chi connectivity index (χ4n) is 3.72. The first-order valence-corrected chi connectivity index (χ1v) is 9.03. The summed E-state index contributed by atoms with van der Waals surface area (Å²) in [4.78, 5) is 0. The van der Waals surface area contributed by atoms with E-state index in [1.54, 1.807) is 0 Å². The molecular formula is C19H24N6. The Morgan fingerprint density at radius 3 is 2.56 bits per heavy atom. The van der Waals surface area contributed by atoms with Crippen molar-refractivity contribution in [1.29, 1.82) is 0 Å². The molecule has 1 N–H and O–H groups in total.